The first-order valence-corrected chi connectivity index (χ1v) is 27.8. The Hall–Kier alpha value is -5.60. The summed E-state index contributed by atoms with van der Waals surface area (Å²) in [6, 6.07) is 54.5. The van der Waals surface area contributed by atoms with Gasteiger partial charge in [-0.15, -0.1) is 0 Å². The molecule has 7 aromatic rings. The number of nitrogens with zero attached hydrogens (tertiary/aromatic N) is 1. The van der Waals surface area contributed by atoms with Crippen molar-refractivity contribution < 1.29 is 0 Å². The lowest BCUT2D eigenvalue weighted by Crippen LogP contribution is -2.63. The van der Waals surface area contributed by atoms with Gasteiger partial charge >= 0.3 is 6.85 Å². The fourth-order valence-electron chi connectivity index (χ4n) is 21.7. The summed E-state index contributed by atoms with van der Waals surface area (Å²) in [4.78, 5) is 2.87. The Balaban J connectivity index is 0.878. The summed E-state index contributed by atoms with van der Waals surface area (Å²) in [6.07, 6.45) is 15.8. The van der Waals surface area contributed by atoms with Crippen molar-refractivity contribution in [1.82, 2.24) is 0 Å². The molecule has 2 heteroatoms. The molecule has 8 saturated carbocycles. The van der Waals surface area contributed by atoms with E-state index in [2.05, 4.69) is 159 Å². The van der Waals surface area contributed by atoms with Gasteiger partial charge < -0.3 is 4.81 Å². The van der Waals surface area contributed by atoms with Gasteiger partial charge in [-0.2, -0.15) is 0 Å². The van der Waals surface area contributed by atoms with E-state index in [0.717, 1.165) is 47.3 Å². The first-order valence-electron chi connectivity index (χ1n) is 27.8. The van der Waals surface area contributed by atoms with Crippen LogP contribution in [-0.4, -0.2) is 6.85 Å². The minimum Gasteiger partial charge on any atom is -0.376 e. The number of hydrogen-bond acceptors (Lipinski definition) is 1. The summed E-state index contributed by atoms with van der Waals surface area (Å²) in [5, 5.41) is 0. The van der Waals surface area contributed by atoms with Gasteiger partial charge in [0.2, 0.25) is 0 Å². The molecule has 1 nitrogen and oxygen atoms in total. The third-order valence-corrected chi connectivity index (χ3v) is 24.3. The summed E-state index contributed by atoms with van der Waals surface area (Å²) in [5.74, 6) is 6.29. The molecule has 19 rings (SSSR count). The van der Waals surface area contributed by atoms with Gasteiger partial charge in [-0.05, 0) is 248 Å². The molecule has 2 heterocycles. The second-order valence-corrected chi connectivity index (χ2v) is 26.8. The molecule has 10 aliphatic carbocycles. The van der Waals surface area contributed by atoms with E-state index in [9.17, 15) is 0 Å². The van der Waals surface area contributed by atoms with Crippen LogP contribution in [0.2, 0.25) is 0 Å². The van der Waals surface area contributed by atoms with Crippen LogP contribution in [0.3, 0.4) is 0 Å². The highest BCUT2D eigenvalue weighted by Gasteiger charge is 2.78. The molecule has 5 unspecified atom stereocenters. The van der Waals surface area contributed by atoms with Gasteiger partial charge in [-0.3, -0.25) is 0 Å². The minimum atomic E-state index is -0.0994. The van der Waals surface area contributed by atoms with Crippen molar-refractivity contribution in [2.24, 2.45) is 46.3 Å². The Bertz CT molecular complexity index is 3580. The molecule has 70 heavy (non-hydrogen) atoms. The van der Waals surface area contributed by atoms with Crippen molar-refractivity contribution >= 4 is 29.1 Å². The normalized spacial score (nSPS) is 35.7. The zero-order valence-electron chi connectivity index (χ0n) is 41.0. The molecule has 0 amide bonds. The largest absolute Gasteiger partial charge is 0.376 e. The van der Waals surface area contributed by atoms with Crippen LogP contribution in [0, 0.1) is 53.3 Å². The summed E-state index contributed by atoms with van der Waals surface area (Å²) in [5.41, 5.74) is 31.9. The Morgan fingerprint density at radius 3 is 1.87 bits per heavy atom. The van der Waals surface area contributed by atoms with Gasteiger partial charge in [-0.25, -0.2) is 0 Å². The maximum atomic E-state index is 2.89. The molecule has 8 fully saturated rings. The molecular formula is C68H60BN. The number of benzene rings is 7. The molecular weight excluding hydrogens is 842 g/mol. The van der Waals surface area contributed by atoms with Crippen LogP contribution in [0.5, 0.6) is 0 Å². The number of fused-ring (bicyclic) bond motifs is 11. The van der Waals surface area contributed by atoms with E-state index >= 15 is 0 Å². The highest BCUT2D eigenvalue weighted by Crippen LogP contribution is 2.86. The van der Waals surface area contributed by atoms with Crippen molar-refractivity contribution in [1.29, 1.82) is 0 Å². The van der Waals surface area contributed by atoms with Crippen LogP contribution < -0.4 is 15.7 Å². The van der Waals surface area contributed by atoms with E-state index in [-0.39, 0.29) is 12.3 Å². The standard InChI is InChI=1S/C68H60BN/c1-37-19-56-53-29-52-50-11-7-8-12-58(50)64(2,3)59(52)30-61(53)70(49-17-14-39(15-18-49)38-9-5-4-6-10-38)69-60-28-42(66-33-47-24-44-25-48(34-66)68(44,47)36-66)27-55-51-26-41(65-31-45-22-43-23-46(32-65)67(43,45)35-65)16-13-40(51)21-54(62(55)60)57(20-37)63(56)69/h4-20,26-30,43-48,54H,21-25,31-36H2,1-3H3. The van der Waals surface area contributed by atoms with Crippen molar-refractivity contribution in [3.63, 3.8) is 0 Å². The Morgan fingerprint density at radius 1 is 0.514 bits per heavy atom. The van der Waals surface area contributed by atoms with Gasteiger partial charge in [0, 0.05) is 28.3 Å². The fourth-order valence-corrected chi connectivity index (χ4v) is 21.7. The van der Waals surface area contributed by atoms with E-state index in [1.807, 2.05) is 0 Å². The number of aryl methyl sites for hydroxylation is 1. The van der Waals surface area contributed by atoms with Gasteiger partial charge in [0.1, 0.15) is 0 Å². The Labute approximate surface area is 414 Å². The first kappa shape index (κ1) is 38.1. The Kier molecular flexibility index (Phi) is 6.45. The van der Waals surface area contributed by atoms with Crippen LogP contribution in [0.4, 0.5) is 11.4 Å². The second-order valence-electron chi connectivity index (χ2n) is 26.8. The molecule has 7 aromatic carbocycles. The van der Waals surface area contributed by atoms with Crippen LogP contribution >= 0.6 is 0 Å². The second kappa shape index (κ2) is 11.8. The van der Waals surface area contributed by atoms with E-state index in [0.29, 0.717) is 22.2 Å². The monoisotopic (exact) mass is 901 g/mol. The summed E-state index contributed by atoms with van der Waals surface area (Å²) in [6.45, 7) is 7.39. The van der Waals surface area contributed by atoms with Gasteiger partial charge in [0.15, 0.2) is 0 Å². The molecule has 0 radical (unpaired) electrons. The smallest absolute Gasteiger partial charge is 0.329 e. The fraction of sp³-hybridized carbons (Fsp3) is 0.382. The van der Waals surface area contributed by atoms with Crippen LogP contribution in [0.25, 0.3) is 44.5 Å². The van der Waals surface area contributed by atoms with Gasteiger partial charge in [-0.1, -0.05) is 129 Å². The number of anilines is 2. The molecule has 0 aromatic heterocycles. The van der Waals surface area contributed by atoms with Crippen LogP contribution in [0.15, 0.2) is 133 Å². The third kappa shape index (κ3) is 4.07. The summed E-state index contributed by atoms with van der Waals surface area (Å²) >= 11 is 0. The van der Waals surface area contributed by atoms with E-state index < -0.39 is 0 Å². The van der Waals surface area contributed by atoms with E-state index in [1.54, 1.807) is 49.9 Å². The van der Waals surface area contributed by atoms with E-state index in [1.165, 1.54) is 126 Å². The molecule has 0 saturated heterocycles. The molecule has 2 aliphatic heterocycles. The van der Waals surface area contributed by atoms with Crippen molar-refractivity contribution in [2.45, 2.75) is 114 Å². The zero-order valence-corrected chi connectivity index (χ0v) is 41.0. The van der Waals surface area contributed by atoms with Gasteiger partial charge in [0.25, 0.3) is 0 Å². The maximum Gasteiger partial charge on any atom is 0.329 e. The molecule has 2 spiro atoms. The van der Waals surface area contributed by atoms with Crippen molar-refractivity contribution in [3.05, 3.63) is 178 Å². The number of rotatable bonds is 4. The summed E-state index contributed by atoms with van der Waals surface area (Å²) in [7, 11) is 0. The third-order valence-electron chi connectivity index (χ3n) is 24.3. The topological polar surface area (TPSA) is 3.24 Å². The van der Waals surface area contributed by atoms with Crippen molar-refractivity contribution in [3.8, 4) is 44.5 Å². The van der Waals surface area contributed by atoms with Crippen LogP contribution in [0.1, 0.15) is 128 Å². The predicted molar refractivity (Wildman–Crippen MR) is 286 cm³/mol. The van der Waals surface area contributed by atoms with Gasteiger partial charge in [0.05, 0.1) is 0 Å². The lowest BCUT2D eigenvalue weighted by Gasteiger charge is -2.66. The van der Waals surface area contributed by atoms with Crippen LogP contribution in [-0.2, 0) is 22.7 Å². The molecule has 12 aliphatic rings. The molecule has 340 valence electrons. The zero-order chi connectivity index (χ0) is 45.6. The molecule has 4 bridgehead atoms. The maximum absolute atomic E-state index is 2.89. The Morgan fingerprint density at radius 2 is 1.17 bits per heavy atom. The minimum absolute atomic E-state index is 0.0735. The SMILES string of the molecule is Cc1cc2c3c(c1)C1Cc4ccc(C56CC7CC8CC(C5)C87C6)cc4-c4cc(C56CC7CC8CC(C5)C87C6)cc(c41)B3N(c1ccc(-c3ccccc3)cc1)c1cc3c(cc1-2)-c1ccccc1C3(C)C. The molecule has 5 atom stereocenters. The highest BCUT2D eigenvalue weighted by molar-refractivity contribution is 6.92. The van der Waals surface area contributed by atoms with Crippen molar-refractivity contribution in [2.75, 3.05) is 4.81 Å². The average Bonchev–Trinajstić information content (AvgIpc) is 4.15. The summed E-state index contributed by atoms with van der Waals surface area (Å²) < 4.78 is 0. The molecule has 0 N–H and O–H groups in total. The average molecular weight is 902 g/mol. The first-order chi connectivity index (χ1) is 34.1. The van der Waals surface area contributed by atoms with E-state index in [4.69, 9.17) is 0 Å². The lowest BCUT2D eigenvalue weighted by atomic mass is 9.38. The predicted octanol–water partition coefficient (Wildman–Crippen LogP) is 14.7. The highest BCUT2D eigenvalue weighted by atomic mass is 15.1. The lowest BCUT2D eigenvalue weighted by molar-refractivity contribution is -0.175. The number of hydrogen-bond donors (Lipinski definition) is 0. The quantitative estimate of drug-likeness (QED) is 0.159.